The number of fused-ring (bicyclic) bond motifs is 1. The summed E-state index contributed by atoms with van der Waals surface area (Å²) in [5.74, 6) is -1.03. The second-order valence-corrected chi connectivity index (χ2v) is 11.6. The molecule has 11 nitrogen and oxygen atoms in total. The maximum atomic E-state index is 15.5. The van der Waals surface area contributed by atoms with Gasteiger partial charge in [-0.25, -0.2) is 18.6 Å². The van der Waals surface area contributed by atoms with Crippen molar-refractivity contribution in [3.63, 3.8) is 0 Å². The lowest BCUT2D eigenvalue weighted by atomic mass is 9.90. The molecule has 1 aromatic carbocycles. The number of amides is 1. The number of aromatic nitrogens is 4. The van der Waals surface area contributed by atoms with Gasteiger partial charge in [0.2, 0.25) is 5.95 Å². The van der Waals surface area contributed by atoms with Crippen molar-refractivity contribution >= 4 is 28.9 Å². The van der Waals surface area contributed by atoms with Gasteiger partial charge < -0.3 is 30.7 Å². The number of benzene rings is 1. The lowest BCUT2D eigenvalue weighted by Gasteiger charge is -2.42. The van der Waals surface area contributed by atoms with Crippen LogP contribution in [0.5, 0.6) is 0 Å². The highest BCUT2D eigenvalue weighted by molar-refractivity contribution is 5.74. The lowest BCUT2D eigenvalue weighted by Crippen LogP contribution is -2.62. The summed E-state index contributed by atoms with van der Waals surface area (Å²) in [6.07, 6.45) is 7.80. The van der Waals surface area contributed by atoms with Crippen molar-refractivity contribution < 1.29 is 23.0 Å². The first-order valence-corrected chi connectivity index (χ1v) is 14.7. The Morgan fingerprint density at radius 1 is 1.09 bits per heavy atom. The number of carbonyl (C=O) groups excluding carboxylic acids is 1. The van der Waals surface area contributed by atoms with Gasteiger partial charge in [0.25, 0.3) is 0 Å². The third-order valence-corrected chi connectivity index (χ3v) is 8.88. The minimum atomic E-state index is -0.699. The van der Waals surface area contributed by atoms with Crippen molar-refractivity contribution in [3.8, 4) is 11.3 Å². The Morgan fingerprint density at radius 2 is 1.84 bits per heavy atom. The largest absolute Gasteiger partial charge is 0.453 e. The normalized spacial score (nSPS) is 21.4. The number of alkyl carbamates (subject to hydrolysis) is 1. The number of methoxy groups -OCH3 is 2. The molecule has 13 heteroatoms. The van der Waals surface area contributed by atoms with Gasteiger partial charge in [0.15, 0.2) is 0 Å². The standard InChI is InChI=1S/C31H36F2N8O3/c1-18-16-40(17-23(34)28(18)38-30(42)43-2)26-8-11-35-15-25(26)37-29-36-14-20-6-7-24(39-41(20)29)27-21(32)12-19(13-22(27)33)31(44-3)9-4-5-10-31/h6-8,11-15,18,23,28H,4-5,9-10,16-17,34H2,1-3H3,(H,36,37)(H,38,42). The van der Waals surface area contributed by atoms with Gasteiger partial charge in [-0.15, -0.1) is 0 Å². The third kappa shape index (κ3) is 5.41. The number of nitrogens with one attached hydrogen (secondary N) is 2. The molecule has 3 unspecified atom stereocenters. The Kier molecular flexibility index (Phi) is 8.08. The molecular formula is C31H36F2N8O3. The summed E-state index contributed by atoms with van der Waals surface area (Å²) in [6, 6.07) is 7.29. The van der Waals surface area contributed by atoms with Crippen molar-refractivity contribution in [3.05, 3.63) is 66.1 Å². The fourth-order valence-corrected chi connectivity index (χ4v) is 6.59. The summed E-state index contributed by atoms with van der Waals surface area (Å²) in [7, 11) is 2.91. The fourth-order valence-electron chi connectivity index (χ4n) is 6.59. The molecule has 0 radical (unpaired) electrons. The molecule has 2 aliphatic rings. The van der Waals surface area contributed by atoms with E-state index >= 15 is 8.78 Å². The number of carbonyl (C=O) groups is 1. The van der Waals surface area contributed by atoms with Crippen LogP contribution in [0.1, 0.15) is 38.2 Å². The number of hydrogen-bond donors (Lipinski definition) is 3. The average molecular weight is 607 g/mol. The molecule has 1 aliphatic carbocycles. The van der Waals surface area contributed by atoms with E-state index in [1.54, 1.807) is 37.8 Å². The number of imidazole rings is 1. The highest BCUT2D eigenvalue weighted by Gasteiger charge is 2.37. The predicted molar refractivity (Wildman–Crippen MR) is 162 cm³/mol. The first-order valence-electron chi connectivity index (χ1n) is 14.7. The smallest absolute Gasteiger partial charge is 0.407 e. The second-order valence-electron chi connectivity index (χ2n) is 11.6. The number of hydrogen-bond acceptors (Lipinski definition) is 9. The van der Waals surface area contributed by atoms with Crippen molar-refractivity contribution in [2.45, 2.75) is 50.3 Å². The number of ether oxygens (including phenoxy) is 2. The van der Waals surface area contributed by atoms with E-state index in [2.05, 4.69) is 30.6 Å². The van der Waals surface area contributed by atoms with E-state index in [9.17, 15) is 4.79 Å². The van der Waals surface area contributed by atoms with Crippen LogP contribution in [0.2, 0.25) is 0 Å². The Morgan fingerprint density at radius 3 is 2.52 bits per heavy atom. The van der Waals surface area contributed by atoms with E-state index in [0.717, 1.165) is 31.4 Å². The monoisotopic (exact) mass is 606 g/mol. The van der Waals surface area contributed by atoms with Crippen molar-refractivity contribution in [2.75, 3.05) is 37.5 Å². The molecule has 4 aromatic rings. The number of rotatable bonds is 7. The molecule has 1 saturated carbocycles. The molecule has 3 aromatic heterocycles. The lowest BCUT2D eigenvalue weighted by molar-refractivity contribution is -0.00914. The minimum absolute atomic E-state index is 0.0268. The van der Waals surface area contributed by atoms with Crippen LogP contribution in [0.3, 0.4) is 0 Å². The van der Waals surface area contributed by atoms with Crippen molar-refractivity contribution in [1.29, 1.82) is 0 Å². The molecule has 0 bridgehead atoms. The molecule has 1 aliphatic heterocycles. The fraction of sp³-hybridized carbons (Fsp3) is 0.419. The zero-order chi connectivity index (χ0) is 31.0. The van der Waals surface area contributed by atoms with Crippen LogP contribution in [-0.2, 0) is 15.1 Å². The second kappa shape index (κ2) is 12.0. The van der Waals surface area contributed by atoms with Crippen LogP contribution in [0.4, 0.5) is 30.9 Å². The molecule has 6 rings (SSSR count). The zero-order valence-electron chi connectivity index (χ0n) is 24.9. The van der Waals surface area contributed by atoms with Crippen LogP contribution in [0.15, 0.2) is 48.9 Å². The number of nitrogens with zero attached hydrogens (tertiary/aromatic N) is 5. The number of nitrogens with two attached hydrogens (primary N) is 1. The highest BCUT2D eigenvalue weighted by Crippen LogP contribution is 2.43. The van der Waals surface area contributed by atoms with Gasteiger partial charge >= 0.3 is 6.09 Å². The van der Waals surface area contributed by atoms with Crippen LogP contribution < -0.4 is 21.3 Å². The average Bonchev–Trinajstić information content (AvgIpc) is 3.67. The summed E-state index contributed by atoms with van der Waals surface area (Å²) in [5, 5.41) is 10.7. The molecule has 4 N–H and O–H groups in total. The van der Waals surface area contributed by atoms with Gasteiger partial charge in [0, 0.05) is 32.4 Å². The van der Waals surface area contributed by atoms with E-state index in [-0.39, 0.29) is 29.3 Å². The first kappa shape index (κ1) is 29.7. The molecule has 1 saturated heterocycles. The Balaban J connectivity index is 1.28. The highest BCUT2D eigenvalue weighted by atomic mass is 19.1. The molecule has 4 heterocycles. The Hall–Kier alpha value is -4.36. The zero-order valence-corrected chi connectivity index (χ0v) is 24.9. The van der Waals surface area contributed by atoms with Gasteiger partial charge in [0.05, 0.1) is 59.3 Å². The number of halogens is 2. The van der Waals surface area contributed by atoms with E-state index in [4.69, 9.17) is 15.2 Å². The van der Waals surface area contributed by atoms with E-state index in [1.165, 1.54) is 23.8 Å². The van der Waals surface area contributed by atoms with Gasteiger partial charge in [-0.05, 0) is 54.7 Å². The summed E-state index contributed by atoms with van der Waals surface area (Å²) < 4.78 is 43.1. The topological polar surface area (TPSA) is 132 Å². The van der Waals surface area contributed by atoms with Crippen LogP contribution >= 0.6 is 0 Å². The summed E-state index contributed by atoms with van der Waals surface area (Å²) in [6.45, 7) is 3.11. The van der Waals surface area contributed by atoms with Gasteiger partial charge in [-0.3, -0.25) is 4.98 Å². The molecule has 0 spiro atoms. The number of anilines is 3. The SMILES string of the molecule is COC(=O)NC1C(C)CN(c2ccncc2Nc2ncc3ccc(-c4c(F)cc(C5(OC)CCCC5)cc4F)nn23)CC1N. The number of pyridine rings is 1. The van der Waals surface area contributed by atoms with Gasteiger partial charge in [-0.2, -0.15) is 9.61 Å². The van der Waals surface area contributed by atoms with E-state index in [0.29, 0.717) is 35.8 Å². The molecule has 232 valence electrons. The first-order chi connectivity index (χ1) is 21.2. The van der Waals surface area contributed by atoms with Crippen LogP contribution in [-0.4, -0.2) is 65.1 Å². The Bertz CT molecular complexity index is 1640. The summed E-state index contributed by atoms with van der Waals surface area (Å²) in [5.41, 5.74) is 8.33. The quantitative estimate of drug-likeness (QED) is 0.273. The van der Waals surface area contributed by atoms with Crippen molar-refractivity contribution in [2.24, 2.45) is 11.7 Å². The minimum Gasteiger partial charge on any atom is -0.453 e. The molecule has 44 heavy (non-hydrogen) atoms. The maximum absolute atomic E-state index is 15.5. The van der Waals surface area contributed by atoms with Gasteiger partial charge in [-0.1, -0.05) is 19.8 Å². The van der Waals surface area contributed by atoms with Crippen LogP contribution in [0.25, 0.3) is 16.8 Å². The number of piperidine rings is 1. The molecule has 2 fully saturated rings. The van der Waals surface area contributed by atoms with E-state index in [1.807, 2.05) is 13.0 Å². The summed E-state index contributed by atoms with van der Waals surface area (Å²) in [4.78, 5) is 22.7. The summed E-state index contributed by atoms with van der Waals surface area (Å²) >= 11 is 0. The van der Waals surface area contributed by atoms with E-state index < -0.39 is 23.3 Å². The molecule has 1 amide bonds. The van der Waals surface area contributed by atoms with Crippen LogP contribution in [0, 0.1) is 17.6 Å². The maximum Gasteiger partial charge on any atom is 0.407 e. The van der Waals surface area contributed by atoms with Crippen molar-refractivity contribution in [1.82, 2.24) is 24.9 Å². The Labute approximate surface area is 253 Å². The third-order valence-electron chi connectivity index (χ3n) is 8.88. The van der Waals surface area contributed by atoms with Gasteiger partial charge in [0.1, 0.15) is 11.6 Å². The molecular weight excluding hydrogens is 570 g/mol. The predicted octanol–water partition coefficient (Wildman–Crippen LogP) is 4.74. The molecule has 3 atom stereocenters.